The van der Waals surface area contributed by atoms with Gasteiger partial charge in [-0.1, -0.05) is 33.3 Å². The molecule has 0 saturated heterocycles. The van der Waals surface area contributed by atoms with E-state index in [9.17, 15) is 34.1 Å². The fourth-order valence-corrected chi connectivity index (χ4v) is 5.86. The fourth-order valence-electron chi connectivity index (χ4n) is 5.16. The second kappa shape index (κ2) is 18.2. The summed E-state index contributed by atoms with van der Waals surface area (Å²) in [4.78, 5) is 50.3. The minimum atomic E-state index is -4.34. The van der Waals surface area contributed by atoms with E-state index in [0.717, 1.165) is 6.42 Å². The van der Waals surface area contributed by atoms with E-state index in [1.165, 1.54) is 12.1 Å². The molecule has 0 fully saturated rings. The van der Waals surface area contributed by atoms with Crippen LogP contribution in [-0.2, 0) is 43.9 Å². The van der Waals surface area contributed by atoms with Gasteiger partial charge in [0.2, 0.25) is 5.91 Å². The molecular weight excluding hydrogens is 631 g/mol. The zero-order valence-electron chi connectivity index (χ0n) is 29.7. The molecule has 4 N–H and O–H groups in total. The number of nitrogens with one attached hydrogen (secondary N) is 1. The molecule has 0 saturated carbocycles. The predicted octanol–water partition coefficient (Wildman–Crippen LogP) is 4.71. The van der Waals surface area contributed by atoms with Gasteiger partial charge in [0.1, 0.15) is 19.8 Å². The summed E-state index contributed by atoms with van der Waals surface area (Å²) in [5.41, 5.74) is -2.77. The average molecular weight is 690 g/mol. The molecule has 0 radical (unpaired) electrons. The number of benzene rings is 1. The highest BCUT2D eigenvalue weighted by atomic mass is 31.2. The number of esters is 2. The third-order valence-corrected chi connectivity index (χ3v) is 9.06. The third kappa shape index (κ3) is 14.9. The van der Waals surface area contributed by atoms with Crippen LogP contribution < -0.4 is 5.32 Å². The van der Waals surface area contributed by atoms with E-state index in [0.29, 0.717) is 35.9 Å². The van der Waals surface area contributed by atoms with Gasteiger partial charge in [-0.2, -0.15) is 0 Å². The summed E-state index contributed by atoms with van der Waals surface area (Å²) >= 11 is 0. The van der Waals surface area contributed by atoms with Crippen LogP contribution in [-0.4, -0.2) is 98.1 Å². The molecule has 0 aliphatic carbocycles. The molecule has 1 aromatic rings. The van der Waals surface area contributed by atoms with Crippen LogP contribution in [0.25, 0.3) is 0 Å². The van der Waals surface area contributed by atoms with Crippen molar-refractivity contribution in [2.45, 2.75) is 80.1 Å². The predicted molar refractivity (Wildman–Crippen MR) is 177 cm³/mol. The minimum absolute atomic E-state index is 0.00548. The van der Waals surface area contributed by atoms with Crippen molar-refractivity contribution in [1.29, 1.82) is 0 Å². The van der Waals surface area contributed by atoms with Crippen molar-refractivity contribution in [3.05, 3.63) is 23.8 Å². The maximum atomic E-state index is 13.9. The molecule has 0 aliphatic heterocycles. The molecule has 1 amide bonds. The Morgan fingerprint density at radius 1 is 0.851 bits per heavy atom. The van der Waals surface area contributed by atoms with Crippen molar-refractivity contribution in [3.63, 3.8) is 0 Å². The molecule has 0 aliphatic rings. The highest BCUT2D eigenvalue weighted by Crippen LogP contribution is 2.46. The molecule has 14 heteroatoms. The number of hydrogen-bond acceptors (Lipinski definition) is 10. The lowest BCUT2D eigenvalue weighted by Gasteiger charge is -2.40. The Bertz CT molecular complexity index is 1230. The van der Waals surface area contributed by atoms with Gasteiger partial charge in [0, 0.05) is 12.0 Å². The highest BCUT2D eigenvalue weighted by molar-refractivity contribution is 7.47. The average Bonchev–Trinajstić information content (AvgIpc) is 2.95. The van der Waals surface area contributed by atoms with Gasteiger partial charge in [0.25, 0.3) is 0 Å². The number of phosphoric acid groups is 1. The number of phosphoric ester groups is 1. The largest absolute Gasteiger partial charge is 0.504 e. The van der Waals surface area contributed by atoms with Crippen LogP contribution in [0, 0.1) is 16.2 Å². The van der Waals surface area contributed by atoms with Crippen LogP contribution in [0.5, 0.6) is 11.5 Å². The van der Waals surface area contributed by atoms with Crippen molar-refractivity contribution < 1.29 is 57.1 Å². The maximum absolute atomic E-state index is 13.9. The van der Waals surface area contributed by atoms with Crippen LogP contribution >= 0.6 is 7.82 Å². The number of carbonyl (C=O) groups is 3. The second-order valence-corrected chi connectivity index (χ2v) is 15.8. The van der Waals surface area contributed by atoms with Gasteiger partial charge in [-0.05, 0) is 70.6 Å². The number of ether oxygens (including phenoxy) is 2. The molecule has 0 spiro atoms. The zero-order valence-corrected chi connectivity index (χ0v) is 30.6. The first-order chi connectivity index (χ1) is 21.6. The van der Waals surface area contributed by atoms with Gasteiger partial charge in [0.05, 0.1) is 45.2 Å². The monoisotopic (exact) mass is 689 g/mol. The van der Waals surface area contributed by atoms with Crippen LogP contribution in [0.1, 0.15) is 79.2 Å². The van der Waals surface area contributed by atoms with E-state index in [-0.39, 0.29) is 63.2 Å². The van der Waals surface area contributed by atoms with Gasteiger partial charge < -0.3 is 34.4 Å². The first kappa shape index (κ1) is 42.3. The zero-order chi connectivity index (χ0) is 36.1. The molecule has 0 heterocycles. The summed E-state index contributed by atoms with van der Waals surface area (Å²) in [6, 6.07) is 4.42. The molecule has 1 aromatic carbocycles. The van der Waals surface area contributed by atoms with Gasteiger partial charge in [-0.25, -0.2) is 4.57 Å². The van der Waals surface area contributed by atoms with Gasteiger partial charge in [0.15, 0.2) is 11.5 Å². The van der Waals surface area contributed by atoms with Gasteiger partial charge in [-0.3, -0.25) is 23.4 Å². The van der Waals surface area contributed by atoms with Crippen LogP contribution in [0.4, 0.5) is 0 Å². The summed E-state index contributed by atoms with van der Waals surface area (Å²) in [6.07, 6.45) is 2.33. The summed E-state index contributed by atoms with van der Waals surface area (Å²) in [5.74, 6) is -1.95. The Hall–Kier alpha value is -2.70. The Labute approximate surface area is 280 Å². The minimum Gasteiger partial charge on any atom is -0.504 e. The number of phenols is 2. The Kier molecular flexibility index (Phi) is 16.4. The fraction of sp³-hybridized carbons (Fsp3) is 0.727. The van der Waals surface area contributed by atoms with E-state index < -0.39 is 36.0 Å². The SMILES string of the molecule is CCCCOC(=O)C(C)(C)CC(C)(CC(C)(CC)C(=O)OCCOP(=O)(O)OCC[N+](C)(C)C)C(=O)NCCc1ccc(O)c(O)c1. The van der Waals surface area contributed by atoms with Crippen LogP contribution in [0.2, 0.25) is 0 Å². The molecule has 0 bridgehead atoms. The number of nitrogens with zero attached hydrogens (tertiary/aromatic N) is 1. The standard InChI is InChI=1S/C33H57N2O11P/c1-10-12-18-43-29(39)31(3,4)23-33(6,28(38)34-16-15-25-13-14-26(36)27(37)22-25)24-32(5,11-2)30(40)44-20-21-46-47(41,42)45-19-17-35(7,8)9/h13-14,22H,10-12,15-21,23-24H2,1-9H3,(H3-,34,36,37,38,41,42)/p+1. The van der Waals surface area contributed by atoms with Gasteiger partial charge in [-0.15, -0.1) is 0 Å². The summed E-state index contributed by atoms with van der Waals surface area (Å²) in [7, 11) is 1.40. The van der Waals surface area contributed by atoms with E-state index in [2.05, 4.69) is 5.32 Å². The highest BCUT2D eigenvalue weighted by Gasteiger charge is 2.49. The topological polar surface area (TPSA) is 178 Å². The van der Waals surface area contributed by atoms with Crippen LogP contribution in [0.3, 0.4) is 0 Å². The van der Waals surface area contributed by atoms with E-state index in [4.69, 9.17) is 18.5 Å². The second-order valence-electron chi connectivity index (χ2n) is 14.3. The van der Waals surface area contributed by atoms with Crippen molar-refractivity contribution in [3.8, 4) is 11.5 Å². The molecule has 13 nitrogen and oxygen atoms in total. The number of carbonyl (C=O) groups excluding carboxylic acids is 3. The van der Waals surface area contributed by atoms with Crippen molar-refractivity contribution >= 4 is 25.7 Å². The smallest absolute Gasteiger partial charge is 0.472 e. The molecule has 0 aromatic heterocycles. The number of amides is 1. The Morgan fingerprint density at radius 2 is 1.47 bits per heavy atom. The van der Waals surface area contributed by atoms with Crippen LogP contribution in [0.15, 0.2) is 18.2 Å². The molecule has 3 unspecified atom stereocenters. The number of phenolic OH excluding ortho intramolecular Hbond substituents is 2. The number of likely N-dealkylation sites (N-methyl/N-ethyl adjacent to an activating group) is 1. The summed E-state index contributed by atoms with van der Waals surface area (Å²) in [5, 5.41) is 22.3. The van der Waals surface area contributed by atoms with Crippen molar-refractivity contribution in [2.24, 2.45) is 16.2 Å². The van der Waals surface area contributed by atoms with E-state index >= 15 is 0 Å². The molecule has 1 rings (SSSR count). The lowest BCUT2D eigenvalue weighted by Crippen LogP contribution is -2.48. The molecule has 3 atom stereocenters. The third-order valence-electron chi connectivity index (χ3n) is 8.04. The van der Waals surface area contributed by atoms with E-state index in [1.807, 2.05) is 28.1 Å². The number of hydrogen-bond donors (Lipinski definition) is 4. The normalized spacial score (nSPS) is 16.0. The lowest BCUT2D eigenvalue weighted by atomic mass is 9.64. The Balaban J connectivity index is 3.05. The molecule has 47 heavy (non-hydrogen) atoms. The molecule has 270 valence electrons. The number of rotatable bonds is 22. The number of unbranched alkanes of at least 4 members (excludes halogenated alkanes) is 1. The first-order valence-corrected chi connectivity index (χ1v) is 17.7. The van der Waals surface area contributed by atoms with Crippen molar-refractivity contribution in [1.82, 2.24) is 5.32 Å². The number of quaternary nitrogens is 1. The number of aromatic hydroxyl groups is 2. The summed E-state index contributed by atoms with van der Waals surface area (Å²) < 4.78 is 33.6. The maximum Gasteiger partial charge on any atom is 0.472 e. The van der Waals surface area contributed by atoms with E-state index in [1.54, 1.807) is 40.7 Å². The Morgan fingerprint density at radius 3 is 2.04 bits per heavy atom. The quantitative estimate of drug-likeness (QED) is 0.0436. The summed E-state index contributed by atoms with van der Waals surface area (Å²) in [6.45, 7) is 10.9. The molecular formula is C33H58N2O11P+. The lowest BCUT2D eigenvalue weighted by molar-refractivity contribution is -0.870. The van der Waals surface area contributed by atoms with Gasteiger partial charge >= 0.3 is 19.8 Å². The first-order valence-electron chi connectivity index (χ1n) is 16.2. The van der Waals surface area contributed by atoms with Crippen molar-refractivity contribution in [2.75, 3.05) is 60.7 Å².